The molecule has 1 N–H and O–H groups in total. The van der Waals surface area contributed by atoms with E-state index in [9.17, 15) is 14.5 Å². The van der Waals surface area contributed by atoms with Crippen LogP contribution in [0.15, 0.2) is 83.2 Å². The summed E-state index contributed by atoms with van der Waals surface area (Å²) in [6.45, 7) is 7.73. The number of carboxylic acids is 1. The molecule has 12 nitrogen and oxygen atoms in total. The molecule has 0 saturated carbocycles. The van der Waals surface area contributed by atoms with Crippen LogP contribution in [0.2, 0.25) is 0 Å². The highest BCUT2D eigenvalue weighted by Crippen LogP contribution is 2.50. The number of aromatic carboxylic acids is 1. The Labute approximate surface area is 284 Å². The molecule has 0 bridgehead atoms. The molecule has 0 unspecified atom stereocenters. The summed E-state index contributed by atoms with van der Waals surface area (Å²) in [7, 11) is -1.91. The first-order chi connectivity index (χ1) is 23.6. The molecule has 0 radical (unpaired) electrons. The lowest BCUT2D eigenvalue weighted by molar-refractivity contribution is 0.0696. The Balaban J connectivity index is 1.31. The third-order valence-corrected chi connectivity index (χ3v) is 9.11. The molecule has 0 atom stereocenters. The van der Waals surface area contributed by atoms with E-state index >= 15 is 0 Å². The third-order valence-electron chi connectivity index (χ3n) is 7.36. The van der Waals surface area contributed by atoms with Gasteiger partial charge < -0.3 is 32.8 Å². The fourth-order valence-corrected chi connectivity index (χ4v) is 6.17. The van der Waals surface area contributed by atoms with Gasteiger partial charge in [0.05, 0.1) is 37.1 Å². The molecular weight excluding hydrogens is 649 g/mol. The van der Waals surface area contributed by atoms with E-state index in [4.69, 9.17) is 27.7 Å². The van der Waals surface area contributed by atoms with Crippen molar-refractivity contribution in [2.75, 3.05) is 20.3 Å². The fourth-order valence-electron chi connectivity index (χ4n) is 4.86. The highest BCUT2D eigenvalue weighted by molar-refractivity contribution is 7.57. The second kappa shape index (κ2) is 15.8. The summed E-state index contributed by atoms with van der Waals surface area (Å²) in [4.78, 5) is 16.1. The van der Waals surface area contributed by atoms with Crippen molar-refractivity contribution in [3.05, 3.63) is 112 Å². The standard InChI is InChI=1S/C36H38N3O9P/c1-6-46-49(42,47-7-2)18-17-28-21-39(29-11-9-8-10-12-29)38-35(28)45-22-26-14-16-32(33(19-26)43-5)44-23-31-25(4)48-34(37-31)27-15-13-24(3)30(20-27)36(40)41/h8-21H,6-7,22-23H2,1-5H3,(H,40,41). The molecule has 13 heteroatoms. The van der Waals surface area contributed by atoms with Gasteiger partial charge in [0.1, 0.15) is 24.7 Å². The second-order valence-corrected chi connectivity index (χ2v) is 12.7. The fraction of sp³-hybridized carbons (Fsp3) is 0.250. The van der Waals surface area contributed by atoms with E-state index in [1.165, 1.54) is 5.82 Å². The van der Waals surface area contributed by atoms with Crippen LogP contribution in [0, 0.1) is 13.8 Å². The molecule has 49 heavy (non-hydrogen) atoms. The zero-order chi connectivity index (χ0) is 35.0. The smallest absolute Gasteiger partial charge is 0.354 e. The molecule has 0 aliphatic rings. The minimum atomic E-state index is -3.45. The summed E-state index contributed by atoms with van der Waals surface area (Å²) in [5.41, 5.74) is 4.16. The molecule has 0 aliphatic carbocycles. The zero-order valence-electron chi connectivity index (χ0n) is 27.9. The van der Waals surface area contributed by atoms with Crippen molar-refractivity contribution in [1.29, 1.82) is 0 Å². The monoisotopic (exact) mass is 687 g/mol. The molecule has 5 rings (SSSR count). The largest absolute Gasteiger partial charge is 0.493 e. The maximum absolute atomic E-state index is 13.1. The van der Waals surface area contributed by atoms with Crippen molar-refractivity contribution >= 4 is 19.6 Å². The maximum Gasteiger partial charge on any atom is 0.354 e. The Kier molecular flexibility index (Phi) is 11.4. The molecule has 2 aromatic heterocycles. The van der Waals surface area contributed by atoms with Crippen molar-refractivity contribution in [2.45, 2.75) is 40.9 Å². The number of aromatic nitrogens is 3. The van der Waals surface area contributed by atoms with Gasteiger partial charge in [-0.2, -0.15) is 0 Å². The molecule has 0 saturated heterocycles. The van der Waals surface area contributed by atoms with Crippen molar-refractivity contribution in [1.82, 2.24) is 14.8 Å². The van der Waals surface area contributed by atoms with Crippen LogP contribution in [0.3, 0.4) is 0 Å². The van der Waals surface area contributed by atoms with E-state index < -0.39 is 13.6 Å². The molecule has 0 spiro atoms. The van der Waals surface area contributed by atoms with E-state index in [1.807, 2.05) is 36.4 Å². The Bertz CT molecular complexity index is 1970. The SMILES string of the molecule is CCOP(=O)(C=Cc1cn(-c2ccccc2)nc1OCc1ccc(OCc2nc(-c3ccc(C)c(C(=O)O)c3)oc2C)c(OC)c1)OCC. The predicted octanol–water partition coefficient (Wildman–Crippen LogP) is 8.25. The first kappa shape index (κ1) is 35.2. The van der Waals surface area contributed by atoms with Gasteiger partial charge in [-0.1, -0.05) is 30.3 Å². The number of hydrogen-bond donors (Lipinski definition) is 1. The van der Waals surface area contributed by atoms with Crippen molar-refractivity contribution in [3.63, 3.8) is 0 Å². The molecule has 0 fully saturated rings. The Morgan fingerprint density at radius 3 is 2.41 bits per heavy atom. The number of benzene rings is 3. The van der Waals surface area contributed by atoms with Crippen LogP contribution >= 0.6 is 7.60 Å². The number of carboxylic acid groups (broad SMARTS) is 1. The Hall–Kier alpha value is -5.16. The molecule has 0 amide bonds. The molecule has 3 aromatic carbocycles. The van der Waals surface area contributed by atoms with Gasteiger partial charge >= 0.3 is 13.6 Å². The van der Waals surface area contributed by atoms with Crippen molar-refractivity contribution in [3.8, 4) is 34.5 Å². The van der Waals surface area contributed by atoms with E-state index in [-0.39, 0.29) is 32.0 Å². The average Bonchev–Trinajstić information content (AvgIpc) is 3.69. The van der Waals surface area contributed by atoms with Crippen LogP contribution < -0.4 is 14.2 Å². The summed E-state index contributed by atoms with van der Waals surface area (Å²) in [5.74, 6) is 2.55. The summed E-state index contributed by atoms with van der Waals surface area (Å²) in [6, 6.07) is 20.0. The number of carbonyl (C=O) groups is 1. The number of ether oxygens (including phenoxy) is 3. The normalized spacial score (nSPS) is 11.6. The van der Waals surface area contributed by atoms with Gasteiger partial charge in [-0.3, -0.25) is 4.57 Å². The van der Waals surface area contributed by atoms with Crippen molar-refractivity contribution in [2.24, 2.45) is 0 Å². The zero-order valence-corrected chi connectivity index (χ0v) is 28.8. The maximum atomic E-state index is 13.1. The van der Waals surface area contributed by atoms with E-state index in [2.05, 4.69) is 10.1 Å². The van der Waals surface area contributed by atoms with Crippen LogP contribution in [0.5, 0.6) is 17.4 Å². The molecular formula is C36H38N3O9P. The van der Waals surface area contributed by atoms with Crippen LogP contribution in [0.1, 0.15) is 52.3 Å². The third kappa shape index (κ3) is 8.66. The number of para-hydroxylation sites is 1. The Morgan fingerprint density at radius 1 is 0.959 bits per heavy atom. The van der Waals surface area contributed by atoms with E-state index in [0.717, 1.165) is 11.3 Å². The van der Waals surface area contributed by atoms with Gasteiger partial charge in [0.2, 0.25) is 11.8 Å². The van der Waals surface area contributed by atoms with E-state index in [0.29, 0.717) is 51.4 Å². The van der Waals surface area contributed by atoms with Gasteiger partial charge in [0, 0.05) is 17.6 Å². The number of aryl methyl sites for hydroxylation is 2. The lowest BCUT2D eigenvalue weighted by Gasteiger charge is -2.13. The van der Waals surface area contributed by atoms with Crippen LogP contribution in [0.25, 0.3) is 23.2 Å². The first-order valence-corrected chi connectivity index (χ1v) is 17.2. The molecule has 256 valence electrons. The van der Waals surface area contributed by atoms with Gasteiger partial charge in [-0.15, -0.1) is 5.10 Å². The minimum absolute atomic E-state index is 0.0964. The van der Waals surface area contributed by atoms with Crippen LogP contribution in [0.4, 0.5) is 0 Å². The summed E-state index contributed by atoms with van der Waals surface area (Å²) in [5, 5.41) is 14.1. The van der Waals surface area contributed by atoms with Crippen LogP contribution in [-0.2, 0) is 26.8 Å². The lowest BCUT2D eigenvalue weighted by Crippen LogP contribution is -2.02. The van der Waals surface area contributed by atoms with E-state index in [1.54, 1.807) is 82.1 Å². The number of rotatable bonds is 16. The van der Waals surface area contributed by atoms with Gasteiger partial charge in [-0.25, -0.2) is 14.5 Å². The quantitative estimate of drug-likeness (QED) is 0.100. The number of hydrogen-bond acceptors (Lipinski definition) is 10. The number of nitrogens with zero attached hydrogens (tertiary/aromatic N) is 3. The molecule has 5 aromatic rings. The second-order valence-electron chi connectivity index (χ2n) is 10.8. The van der Waals surface area contributed by atoms with Gasteiger partial charge in [0.25, 0.3) is 0 Å². The number of methoxy groups -OCH3 is 1. The average molecular weight is 688 g/mol. The first-order valence-electron chi connectivity index (χ1n) is 15.6. The van der Waals surface area contributed by atoms with Gasteiger partial charge in [0.15, 0.2) is 11.5 Å². The van der Waals surface area contributed by atoms with Crippen molar-refractivity contribution < 1.29 is 42.1 Å². The summed E-state index contributed by atoms with van der Waals surface area (Å²) < 4.78 is 49.2. The Morgan fingerprint density at radius 2 is 1.71 bits per heavy atom. The number of oxazole rings is 1. The molecule has 0 aliphatic heterocycles. The highest BCUT2D eigenvalue weighted by atomic mass is 31.2. The molecule has 2 heterocycles. The predicted molar refractivity (Wildman–Crippen MR) is 183 cm³/mol. The summed E-state index contributed by atoms with van der Waals surface area (Å²) >= 11 is 0. The highest BCUT2D eigenvalue weighted by Gasteiger charge is 2.21. The van der Waals surface area contributed by atoms with Gasteiger partial charge in [-0.05, 0) is 81.3 Å². The minimum Gasteiger partial charge on any atom is -0.493 e. The topological polar surface area (TPSA) is 144 Å². The van der Waals surface area contributed by atoms with Crippen LogP contribution in [-0.4, -0.2) is 46.2 Å². The summed E-state index contributed by atoms with van der Waals surface area (Å²) in [6.07, 6.45) is 3.41. The lowest BCUT2D eigenvalue weighted by atomic mass is 10.1.